The zero-order valence-electron chi connectivity index (χ0n) is 18.6. The van der Waals surface area contributed by atoms with Crippen molar-refractivity contribution in [3.63, 3.8) is 0 Å². The first-order chi connectivity index (χ1) is 16.1. The Hall–Kier alpha value is -3.78. The molecule has 0 bridgehead atoms. The van der Waals surface area contributed by atoms with Crippen LogP contribution in [0.15, 0.2) is 84.0 Å². The van der Waals surface area contributed by atoms with Crippen molar-refractivity contribution in [2.24, 2.45) is 7.05 Å². The molecule has 1 aromatic heterocycles. The largest absolute Gasteiger partial charge is 0.497 e. The SMILES string of the molecule is COc1cccc(NC(=O)[C@H](Sc2nnc(-c3ccccc3OC)n2C)c2ccccc2)c1. The number of thioether (sulfide) groups is 1. The summed E-state index contributed by atoms with van der Waals surface area (Å²) in [7, 11) is 5.10. The van der Waals surface area contributed by atoms with Crippen LogP contribution in [0.4, 0.5) is 5.69 Å². The lowest BCUT2D eigenvalue weighted by molar-refractivity contribution is -0.115. The molecule has 8 heteroatoms. The first kappa shape index (κ1) is 22.4. The summed E-state index contributed by atoms with van der Waals surface area (Å²) in [5, 5.41) is 11.8. The lowest BCUT2D eigenvalue weighted by Gasteiger charge is -2.17. The summed E-state index contributed by atoms with van der Waals surface area (Å²) in [5.74, 6) is 1.88. The Kier molecular flexibility index (Phi) is 6.95. The normalized spacial score (nSPS) is 11.6. The second-order valence-electron chi connectivity index (χ2n) is 7.20. The lowest BCUT2D eigenvalue weighted by Crippen LogP contribution is -2.19. The predicted octanol–water partition coefficient (Wildman–Crippen LogP) is 4.97. The van der Waals surface area contributed by atoms with Crippen LogP contribution in [0, 0.1) is 0 Å². The van der Waals surface area contributed by atoms with Crippen LogP contribution >= 0.6 is 11.8 Å². The average Bonchev–Trinajstić information content (AvgIpc) is 3.22. The fourth-order valence-electron chi connectivity index (χ4n) is 3.40. The van der Waals surface area contributed by atoms with Crippen LogP contribution in [-0.2, 0) is 11.8 Å². The molecule has 0 spiro atoms. The zero-order valence-corrected chi connectivity index (χ0v) is 19.4. The molecule has 1 atom stereocenters. The first-order valence-electron chi connectivity index (χ1n) is 10.3. The van der Waals surface area contributed by atoms with Gasteiger partial charge in [-0.1, -0.05) is 60.3 Å². The van der Waals surface area contributed by atoms with Crippen molar-refractivity contribution >= 4 is 23.4 Å². The van der Waals surface area contributed by atoms with E-state index in [0.717, 1.165) is 11.1 Å². The lowest BCUT2D eigenvalue weighted by atomic mass is 10.1. The van der Waals surface area contributed by atoms with Crippen LogP contribution in [0.3, 0.4) is 0 Å². The quantitative estimate of drug-likeness (QED) is 0.374. The second-order valence-corrected chi connectivity index (χ2v) is 8.27. The van der Waals surface area contributed by atoms with E-state index < -0.39 is 5.25 Å². The number of ether oxygens (including phenoxy) is 2. The highest BCUT2D eigenvalue weighted by atomic mass is 32.2. The Morgan fingerprint density at radius 3 is 2.45 bits per heavy atom. The summed E-state index contributed by atoms with van der Waals surface area (Å²) in [4.78, 5) is 13.4. The van der Waals surface area contributed by atoms with Gasteiger partial charge >= 0.3 is 0 Å². The van der Waals surface area contributed by atoms with Gasteiger partial charge in [0.25, 0.3) is 0 Å². The van der Waals surface area contributed by atoms with Gasteiger partial charge in [-0.15, -0.1) is 10.2 Å². The molecule has 1 N–H and O–H groups in total. The summed E-state index contributed by atoms with van der Waals surface area (Å²) >= 11 is 1.34. The maximum Gasteiger partial charge on any atom is 0.242 e. The Morgan fingerprint density at radius 2 is 1.70 bits per heavy atom. The number of carbonyl (C=O) groups is 1. The van der Waals surface area contributed by atoms with E-state index in [1.807, 2.05) is 84.4 Å². The minimum Gasteiger partial charge on any atom is -0.497 e. The number of nitrogens with zero attached hydrogens (tertiary/aromatic N) is 3. The minimum atomic E-state index is -0.536. The third-order valence-electron chi connectivity index (χ3n) is 5.08. The van der Waals surface area contributed by atoms with Gasteiger partial charge in [-0.3, -0.25) is 4.79 Å². The van der Waals surface area contributed by atoms with Crippen molar-refractivity contribution in [1.82, 2.24) is 14.8 Å². The highest BCUT2D eigenvalue weighted by Crippen LogP contribution is 2.37. The summed E-state index contributed by atoms with van der Waals surface area (Å²) < 4.78 is 12.6. The zero-order chi connectivity index (χ0) is 23.2. The molecule has 1 heterocycles. The number of carbonyl (C=O) groups excluding carboxylic acids is 1. The number of anilines is 1. The number of amides is 1. The van der Waals surface area contributed by atoms with E-state index in [-0.39, 0.29) is 5.91 Å². The van der Waals surface area contributed by atoms with Gasteiger partial charge in [-0.25, -0.2) is 0 Å². The van der Waals surface area contributed by atoms with Crippen molar-refractivity contribution in [2.75, 3.05) is 19.5 Å². The molecule has 168 valence electrons. The molecule has 0 aliphatic heterocycles. The molecule has 0 radical (unpaired) electrons. The molecule has 4 aromatic rings. The maximum atomic E-state index is 13.4. The van der Waals surface area contributed by atoms with Gasteiger partial charge in [0.1, 0.15) is 16.7 Å². The number of nitrogens with one attached hydrogen (secondary N) is 1. The van der Waals surface area contributed by atoms with E-state index >= 15 is 0 Å². The van der Waals surface area contributed by atoms with Gasteiger partial charge in [-0.2, -0.15) is 0 Å². The molecule has 1 amide bonds. The highest BCUT2D eigenvalue weighted by molar-refractivity contribution is 8.00. The van der Waals surface area contributed by atoms with Gasteiger partial charge in [-0.05, 0) is 29.8 Å². The van der Waals surface area contributed by atoms with Crippen molar-refractivity contribution in [3.05, 3.63) is 84.4 Å². The van der Waals surface area contributed by atoms with Crippen LogP contribution in [0.1, 0.15) is 10.8 Å². The Bertz CT molecular complexity index is 1240. The molecular weight excluding hydrogens is 436 g/mol. The van der Waals surface area contributed by atoms with Crippen LogP contribution < -0.4 is 14.8 Å². The number of methoxy groups -OCH3 is 2. The smallest absolute Gasteiger partial charge is 0.242 e. The topological polar surface area (TPSA) is 78.3 Å². The number of para-hydroxylation sites is 1. The average molecular weight is 461 g/mol. The van der Waals surface area contributed by atoms with E-state index in [1.165, 1.54) is 11.8 Å². The molecule has 4 rings (SSSR count). The van der Waals surface area contributed by atoms with Crippen molar-refractivity contribution in [2.45, 2.75) is 10.4 Å². The summed E-state index contributed by atoms with van der Waals surface area (Å²) in [5.41, 5.74) is 2.36. The molecule has 7 nitrogen and oxygen atoms in total. The number of rotatable bonds is 8. The van der Waals surface area contributed by atoms with Gasteiger partial charge in [0.05, 0.1) is 19.8 Å². The van der Waals surface area contributed by atoms with Gasteiger partial charge in [0.2, 0.25) is 5.91 Å². The van der Waals surface area contributed by atoms with E-state index in [4.69, 9.17) is 9.47 Å². The fourth-order valence-corrected chi connectivity index (χ4v) is 4.40. The van der Waals surface area contributed by atoms with Crippen molar-refractivity contribution in [3.8, 4) is 22.9 Å². The monoisotopic (exact) mass is 460 g/mol. The van der Waals surface area contributed by atoms with Crippen molar-refractivity contribution in [1.29, 1.82) is 0 Å². The van der Waals surface area contributed by atoms with Crippen LogP contribution in [-0.4, -0.2) is 34.9 Å². The van der Waals surface area contributed by atoms with E-state index in [2.05, 4.69) is 15.5 Å². The Balaban J connectivity index is 1.64. The summed E-state index contributed by atoms with van der Waals surface area (Å²) in [6.45, 7) is 0. The first-order valence-corrected chi connectivity index (χ1v) is 11.2. The summed E-state index contributed by atoms with van der Waals surface area (Å²) in [6, 6.07) is 24.5. The summed E-state index contributed by atoms with van der Waals surface area (Å²) in [6.07, 6.45) is 0. The van der Waals surface area contributed by atoms with Gasteiger partial charge in [0.15, 0.2) is 11.0 Å². The molecule has 0 saturated carbocycles. The minimum absolute atomic E-state index is 0.165. The number of hydrogen-bond acceptors (Lipinski definition) is 6. The number of hydrogen-bond donors (Lipinski definition) is 1. The molecule has 0 saturated heterocycles. The number of aromatic nitrogens is 3. The number of benzene rings is 3. The maximum absolute atomic E-state index is 13.4. The van der Waals surface area contributed by atoms with E-state index in [1.54, 1.807) is 20.3 Å². The second kappa shape index (κ2) is 10.2. The fraction of sp³-hybridized carbons (Fsp3) is 0.160. The Morgan fingerprint density at radius 1 is 0.939 bits per heavy atom. The standard InChI is InChI=1S/C25H24N4O3S/c1-29-23(20-14-7-8-15-21(20)32-3)27-28-25(29)33-22(17-10-5-4-6-11-17)24(30)26-18-12-9-13-19(16-18)31-2/h4-16,22H,1-3H3,(H,26,30)/t22-/m1/s1. The van der Waals surface area contributed by atoms with E-state index in [0.29, 0.717) is 28.2 Å². The molecule has 0 aliphatic rings. The third kappa shape index (κ3) is 5.01. The molecule has 0 fully saturated rings. The van der Waals surface area contributed by atoms with Gasteiger partial charge < -0.3 is 19.4 Å². The van der Waals surface area contributed by atoms with E-state index in [9.17, 15) is 4.79 Å². The Labute approximate surface area is 196 Å². The third-order valence-corrected chi connectivity index (χ3v) is 6.37. The van der Waals surface area contributed by atoms with Crippen LogP contribution in [0.2, 0.25) is 0 Å². The molecule has 0 unspecified atom stereocenters. The van der Waals surface area contributed by atoms with Crippen molar-refractivity contribution < 1.29 is 14.3 Å². The molecular formula is C25H24N4O3S. The molecule has 0 aliphatic carbocycles. The van der Waals surface area contributed by atoms with Gasteiger partial charge in [0, 0.05) is 18.8 Å². The molecule has 3 aromatic carbocycles. The highest BCUT2D eigenvalue weighted by Gasteiger charge is 2.26. The predicted molar refractivity (Wildman–Crippen MR) is 130 cm³/mol. The molecule has 33 heavy (non-hydrogen) atoms. The van der Waals surface area contributed by atoms with Crippen LogP contribution in [0.25, 0.3) is 11.4 Å². The van der Waals surface area contributed by atoms with Crippen LogP contribution in [0.5, 0.6) is 11.5 Å².